The number of rotatable bonds is 12. The van der Waals surface area contributed by atoms with Crippen LogP contribution in [0.2, 0.25) is 0 Å². The largest absolute Gasteiger partial charge is 0.481 e. The second-order valence-corrected chi connectivity index (χ2v) is 8.07. The van der Waals surface area contributed by atoms with Crippen molar-refractivity contribution in [2.45, 2.75) is 32.1 Å². The third-order valence-electron chi connectivity index (χ3n) is 5.63. The predicted octanol–water partition coefficient (Wildman–Crippen LogP) is 5.50. The molecule has 0 aliphatic carbocycles. The van der Waals surface area contributed by atoms with E-state index in [0.717, 1.165) is 49.4 Å². The lowest BCUT2D eigenvalue weighted by Gasteiger charge is -2.13. The summed E-state index contributed by atoms with van der Waals surface area (Å²) < 4.78 is 0. The van der Waals surface area contributed by atoms with Crippen molar-refractivity contribution in [3.63, 3.8) is 0 Å². The summed E-state index contributed by atoms with van der Waals surface area (Å²) in [4.78, 5) is 11.2. The van der Waals surface area contributed by atoms with Gasteiger partial charge in [-0.3, -0.25) is 4.79 Å². The summed E-state index contributed by atoms with van der Waals surface area (Å²) in [7, 11) is 1.82. The molecule has 0 heterocycles. The number of carboxylic acid groups (broad SMARTS) is 1. The van der Waals surface area contributed by atoms with Crippen LogP contribution < -0.4 is 16.0 Å². The number of carbonyl (C=O) groups is 1. The monoisotopic (exact) mass is 472 g/mol. The molecule has 35 heavy (non-hydrogen) atoms. The van der Waals surface area contributed by atoms with Crippen molar-refractivity contribution in [2.24, 2.45) is 0 Å². The van der Waals surface area contributed by atoms with Gasteiger partial charge in [0.2, 0.25) is 0 Å². The lowest BCUT2D eigenvalue weighted by atomic mass is 9.95. The van der Waals surface area contributed by atoms with E-state index in [9.17, 15) is 9.90 Å². The molecule has 0 amide bonds. The normalized spacial score (nSPS) is 10.9. The molecule has 184 valence electrons. The lowest BCUT2D eigenvalue weighted by Crippen LogP contribution is -2.21. The molecule has 3 aromatic rings. The van der Waals surface area contributed by atoms with E-state index in [4.69, 9.17) is 5.26 Å². The van der Waals surface area contributed by atoms with Gasteiger partial charge in [-0.25, -0.2) is 0 Å². The third-order valence-corrected chi connectivity index (χ3v) is 5.63. The fourth-order valence-electron chi connectivity index (χ4n) is 3.71. The highest BCUT2D eigenvalue weighted by atomic mass is 16.4. The minimum atomic E-state index is -0.767. The summed E-state index contributed by atoms with van der Waals surface area (Å²) in [6, 6.07) is 27.7. The third kappa shape index (κ3) is 9.52. The molecule has 3 rings (SSSR count). The van der Waals surface area contributed by atoms with Gasteiger partial charge in [-0.15, -0.1) is 0 Å². The van der Waals surface area contributed by atoms with Crippen molar-refractivity contribution in [1.82, 2.24) is 5.32 Å². The molecular formula is C29H36N4O2. The first-order valence-corrected chi connectivity index (χ1v) is 12.1. The Hall–Kier alpha value is -3.82. The SMILES string of the molecule is CCC(C(=O)O)c1ccc(CCNCCCNc2cccc(C#N)c2NC)cc1.c1ccccc1. The van der Waals surface area contributed by atoms with Crippen LogP contribution in [0.3, 0.4) is 0 Å². The van der Waals surface area contributed by atoms with Gasteiger partial charge in [-0.2, -0.15) is 5.26 Å². The van der Waals surface area contributed by atoms with Crippen molar-refractivity contribution in [2.75, 3.05) is 37.3 Å². The number of anilines is 2. The zero-order valence-corrected chi connectivity index (χ0v) is 20.6. The van der Waals surface area contributed by atoms with E-state index in [1.807, 2.05) is 86.8 Å². The van der Waals surface area contributed by atoms with Gasteiger partial charge in [0.05, 0.1) is 22.9 Å². The molecule has 0 aromatic heterocycles. The van der Waals surface area contributed by atoms with Crippen molar-refractivity contribution in [3.8, 4) is 6.07 Å². The Morgan fingerprint density at radius 2 is 1.60 bits per heavy atom. The zero-order valence-electron chi connectivity index (χ0n) is 20.6. The Bertz CT molecular complexity index is 1020. The molecule has 4 N–H and O–H groups in total. The van der Waals surface area contributed by atoms with Gasteiger partial charge in [0.1, 0.15) is 6.07 Å². The second-order valence-electron chi connectivity index (χ2n) is 8.07. The molecule has 6 nitrogen and oxygen atoms in total. The molecule has 1 atom stereocenters. The minimum Gasteiger partial charge on any atom is -0.481 e. The number of benzene rings is 3. The van der Waals surface area contributed by atoms with E-state index in [0.29, 0.717) is 12.0 Å². The van der Waals surface area contributed by atoms with Crippen LogP contribution in [-0.4, -0.2) is 37.8 Å². The van der Waals surface area contributed by atoms with Crippen molar-refractivity contribution in [3.05, 3.63) is 95.6 Å². The molecule has 0 saturated carbocycles. The molecular weight excluding hydrogens is 436 g/mol. The molecule has 0 fully saturated rings. The Labute approximate surface area is 209 Å². The molecule has 3 aromatic carbocycles. The van der Waals surface area contributed by atoms with E-state index in [1.165, 1.54) is 5.56 Å². The van der Waals surface area contributed by atoms with E-state index in [-0.39, 0.29) is 0 Å². The molecule has 0 aliphatic rings. The molecule has 0 spiro atoms. The van der Waals surface area contributed by atoms with E-state index < -0.39 is 11.9 Å². The quantitative estimate of drug-likeness (QED) is 0.260. The fourth-order valence-corrected chi connectivity index (χ4v) is 3.71. The lowest BCUT2D eigenvalue weighted by molar-refractivity contribution is -0.138. The second kappa shape index (κ2) is 15.9. The number of nitriles is 1. The Morgan fingerprint density at radius 3 is 2.14 bits per heavy atom. The van der Waals surface area contributed by atoms with Crippen molar-refractivity contribution in [1.29, 1.82) is 5.26 Å². The summed E-state index contributed by atoms with van der Waals surface area (Å²) in [6.45, 7) is 4.49. The van der Waals surface area contributed by atoms with Crippen LogP contribution in [0.1, 0.15) is 42.4 Å². The summed E-state index contributed by atoms with van der Waals surface area (Å²) in [5.74, 6) is -1.19. The van der Waals surface area contributed by atoms with Gasteiger partial charge in [0, 0.05) is 13.6 Å². The molecule has 0 saturated heterocycles. The smallest absolute Gasteiger partial charge is 0.310 e. The summed E-state index contributed by atoms with van der Waals surface area (Å²) >= 11 is 0. The predicted molar refractivity (Wildman–Crippen MR) is 144 cm³/mol. The van der Waals surface area contributed by atoms with Crippen LogP contribution in [0.5, 0.6) is 0 Å². The van der Waals surface area contributed by atoms with E-state index >= 15 is 0 Å². The van der Waals surface area contributed by atoms with Crippen LogP contribution in [-0.2, 0) is 11.2 Å². The molecule has 0 bridgehead atoms. The number of aliphatic carboxylic acids is 1. The van der Waals surface area contributed by atoms with Gasteiger partial charge in [0.15, 0.2) is 0 Å². The van der Waals surface area contributed by atoms with Gasteiger partial charge >= 0.3 is 5.97 Å². The van der Waals surface area contributed by atoms with Gasteiger partial charge in [0.25, 0.3) is 0 Å². The van der Waals surface area contributed by atoms with Gasteiger partial charge in [-0.1, -0.05) is 73.7 Å². The summed E-state index contributed by atoms with van der Waals surface area (Å²) in [5, 5.41) is 28.3. The van der Waals surface area contributed by atoms with Crippen LogP contribution in [0.25, 0.3) is 0 Å². The first-order valence-electron chi connectivity index (χ1n) is 12.1. The Morgan fingerprint density at radius 1 is 0.943 bits per heavy atom. The molecule has 1 unspecified atom stereocenters. The highest BCUT2D eigenvalue weighted by Crippen LogP contribution is 2.25. The Balaban J connectivity index is 0.000000625. The molecule has 6 heteroatoms. The van der Waals surface area contributed by atoms with Crippen LogP contribution in [0, 0.1) is 11.3 Å². The average molecular weight is 473 g/mol. The number of carboxylic acids is 1. The van der Waals surface area contributed by atoms with Gasteiger partial charge < -0.3 is 21.1 Å². The highest BCUT2D eigenvalue weighted by molar-refractivity contribution is 5.76. The number of nitrogens with one attached hydrogen (secondary N) is 3. The van der Waals surface area contributed by atoms with Crippen LogP contribution >= 0.6 is 0 Å². The summed E-state index contributed by atoms with van der Waals surface area (Å²) in [6.07, 6.45) is 2.47. The maximum absolute atomic E-state index is 11.2. The topological polar surface area (TPSA) is 97.2 Å². The first kappa shape index (κ1) is 27.4. The standard InChI is InChI=1S/C23H30N4O2.C6H6/c1-3-20(23(28)29)18-10-8-17(9-11-18)12-15-26-13-5-14-27-21-7-4-6-19(16-24)22(21)25-2;1-2-4-6-5-3-1/h4,6-11,20,25-27H,3,5,12-15H2,1-2H3,(H,28,29);1-6H. The molecule has 0 radical (unpaired) electrons. The van der Waals surface area contributed by atoms with Crippen LogP contribution in [0.4, 0.5) is 11.4 Å². The average Bonchev–Trinajstić information content (AvgIpc) is 2.90. The molecule has 0 aliphatic heterocycles. The summed E-state index contributed by atoms with van der Waals surface area (Å²) in [5.41, 5.74) is 4.48. The fraction of sp³-hybridized carbons (Fsp3) is 0.310. The number of hydrogen-bond acceptors (Lipinski definition) is 5. The Kier molecular flexibility index (Phi) is 12.5. The van der Waals surface area contributed by atoms with Crippen LogP contribution in [0.15, 0.2) is 78.9 Å². The van der Waals surface area contributed by atoms with E-state index in [1.54, 1.807) is 6.07 Å². The first-order chi connectivity index (χ1) is 17.1. The number of nitrogens with zero attached hydrogens (tertiary/aromatic N) is 1. The van der Waals surface area contributed by atoms with E-state index in [2.05, 4.69) is 22.0 Å². The maximum atomic E-state index is 11.2. The van der Waals surface area contributed by atoms with Crippen molar-refractivity contribution < 1.29 is 9.90 Å². The zero-order chi connectivity index (χ0) is 25.3. The minimum absolute atomic E-state index is 0.424. The highest BCUT2D eigenvalue weighted by Gasteiger charge is 2.16. The number of hydrogen-bond donors (Lipinski definition) is 4. The maximum Gasteiger partial charge on any atom is 0.310 e. The van der Waals surface area contributed by atoms with Gasteiger partial charge in [-0.05, 0) is 55.6 Å². The number of para-hydroxylation sites is 1. The van der Waals surface area contributed by atoms with Crippen molar-refractivity contribution >= 4 is 17.3 Å².